The highest BCUT2D eigenvalue weighted by Gasteiger charge is 2.50. The van der Waals surface area contributed by atoms with Crippen LogP contribution >= 0.6 is 0 Å². The van der Waals surface area contributed by atoms with Crippen molar-refractivity contribution < 1.29 is 0 Å². The molecule has 2 bridgehead atoms. The topological polar surface area (TPSA) is 48.9 Å². The molecule has 1 aromatic rings. The van der Waals surface area contributed by atoms with E-state index in [4.69, 9.17) is 0 Å². The van der Waals surface area contributed by atoms with Crippen molar-refractivity contribution in [2.45, 2.75) is 24.9 Å². The Kier molecular flexibility index (Phi) is 1.30. The Morgan fingerprint density at radius 2 is 1.44 bits per heavy atom. The summed E-state index contributed by atoms with van der Waals surface area (Å²) in [5.74, 6) is 1.16. The minimum Gasteiger partial charge on any atom is -0.246 e. The fourth-order valence-corrected chi connectivity index (χ4v) is 3.55. The zero-order valence-corrected chi connectivity index (χ0v) is 9.04. The summed E-state index contributed by atoms with van der Waals surface area (Å²) < 4.78 is 4.54. The van der Waals surface area contributed by atoms with Gasteiger partial charge in [-0.1, -0.05) is 12.2 Å². The van der Waals surface area contributed by atoms with Gasteiger partial charge in [0.25, 0.3) is 0 Å². The lowest BCUT2D eigenvalue weighted by atomic mass is 9.62. The van der Waals surface area contributed by atoms with E-state index < -0.39 is 0 Å². The average molecular weight is 219 g/mol. The zero-order valence-electron chi connectivity index (χ0n) is 9.04. The van der Waals surface area contributed by atoms with Crippen molar-refractivity contribution in [3.8, 4) is 0 Å². The number of rotatable bonds is 0. The summed E-state index contributed by atoms with van der Waals surface area (Å²) >= 11 is 0. The van der Waals surface area contributed by atoms with Crippen molar-refractivity contribution in [2.24, 2.45) is 18.9 Å². The van der Waals surface area contributed by atoms with Crippen LogP contribution in [-0.2, 0) is 7.05 Å². The normalized spacial score (nSPS) is 38.1. The molecule has 0 spiro atoms. The first kappa shape index (κ1) is 8.61. The van der Waals surface area contributed by atoms with Gasteiger partial charge in [-0.25, -0.2) is 23.5 Å². The molecule has 1 fully saturated rings. The maximum Gasteiger partial charge on any atom is 0.347 e. The molecule has 84 valence electrons. The van der Waals surface area contributed by atoms with Crippen molar-refractivity contribution in [1.82, 2.24) is 13.9 Å². The summed E-state index contributed by atoms with van der Waals surface area (Å²) in [6.45, 7) is 0. The molecule has 1 saturated carbocycles. The van der Waals surface area contributed by atoms with E-state index >= 15 is 0 Å². The third-order valence-corrected chi connectivity index (χ3v) is 4.53. The molecule has 5 rings (SSSR count). The van der Waals surface area contributed by atoms with Crippen molar-refractivity contribution in [3.63, 3.8) is 0 Å². The Morgan fingerprint density at radius 3 is 1.81 bits per heavy atom. The SMILES string of the molecule is Cn1c(=O)n2n(c1=O)[C@@H]1C=C[C@@H]2[C@H]2CC[C@@H]21. The summed E-state index contributed by atoms with van der Waals surface area (Å²) in [5.41, 5.74) is -0.343. The van der Waals surface area contributed by atoms with Crippen LogP contribution < -0.4 is 11.4 Å². The lowest BCUT2D eigenvalue weighted by Crippen LogP contribution is -2.52. The van der Waals surface area contributed by atoms with Crippen LogP contribution in [0.15, 0.2) is 21.7 Å². The van der Waals surface area contributed by atoms with Crippen LogP contribution in [0, 0.1) is 11.8 Å². The van der Waals surface area contributed by atoms with E-state index in [0.717, 1.165) is 0 Å². The molecule has 3 heterocycles. The van der Waals surface area contributed by atoms with Crippen LogP contribution in [0.25, 0.3) is 0 Å². The molecule has 2 aliphatic carbocycles. The molecule has 1 aromatic heterocycles. The Morgan fingerprint density at radius 1 is 1.00 bits per heavy atom. The van der Waals surface area contributed by atoms with E-state index in [9.17, 15) is 9.59 Å². The molecule has 5 nitrogen and oxygen atoms in total. The number of hydrogen-bond donors (Lipinski definition) is 0. The number of hydrogen-bond acceptors (Lipinski definition) is 2. The highest BCUT2D eigenvalue weighted by molar-refractivity contribution is 5.17. The minimum absolute atomic E-state index is 0.116. The van der Waals surface area contributed by atoms with Crippen molar-refractivity contribution in [1.29, 1.82) is 0 Å². The summed E-state index contributed by atoms with van der Waals surface area (Å²) in [6, 6.07) is 0.232. The lowest BCUT2D eigenvalue weighted by Gasteiger charge is -2.52. The maximum atomic E-state index is 12.0. The van der Waals surface area contributed by atoms with Crippen LogP contribution in [0.2, 0.25) is 0 Å². The van der Waals surface area contributed by atoms with Gasteiger partial charge >= 0.3 is 11.4 Å². The number of aromatic nitrogens is 3. The van der Waals surface area contributed by atoms with E-state index in [-0.39, 0.29) is 23.5 Å². The first-order valence-electron chi connectivity index (χ1n) is 5.78. The molecule has 4 atom stereocenters. The second kappa shape index (κ2) is 2.42. The molecule has 4 aliphatic rings. The third-order valence-electron chi connectivity index (χ3n) is 4.53. The monoisotopic (exact) mass is 219 g/mol. The van der Waals surface area contributed by atoms with Gasteiger partial charge in [0.2, 0.25) is 0 Å². The highest BCUT2D eigenvalue weighted by Crippen LogP contribution is 2.53. The molecule has 0 saturated heterocycles. The van der Waals surface area contributed by atoms with Crippen LogP contribution in [0.5, 0.6) is 0 Å². The Bertz CT molecular complexity index is 567. The van der Waals surface area contributed by atoms with Gasteiger partial charge < -0.3 is 0 Å². The lowest BCUT2D eigenvalue weighted by molar-refractivity contribution is 0.0154. The van der Waals surface area contributed by atoms with Gasteiger partial charge in [-0.2, -0.15) is 0 Å². The van der Waals surface area contributed by atoms with Gasteiger partial charge in [-0.05, 0) is 24.7 Å². The van der Waals surface area contributed by atoms with Crippen LogP contribution in [0.1, 0.15) is 24.9 Å². The fraction of sp³-hybridized carbons (Fsp3) is 0.636. The Labute approximate surface area is 91.6 Å². The van der Waals surface area contributed by atoms with Gasteiger partial charge in [0.15, 0.2) is 0 Å². The first-order valence-corrected chi connectivity index (χ1v) is 5.78. The Hall–Kier alpha value is -1.52. The minimum atomic E-state index is -0.172. The average Bonchev–Trinajstić information content (AvgIpc) is 2.45. The quantitative estimate of drug-likeness (QED) is 0.578. The van der Waals surface area contributed by atoms with E-state index in [1.165, 1.54) is 17.4 Å². The summed E-state index contributed by atoms with van der Waals surface area (Å²) in [5, 5.41) is 0. The van der Waals surface area contributed by atoms with Crippen molar-refractivity contribution in [2.75, 3.05) is 0 Å². The molecule has 0 unspecified atom stereocenters. The van der Waals surface area contributed by atoms with E-state index in [1.54, 1.807) is 16.4 Å². The predicted molar refractivity (Wildman–Crippen MR) is 57.4 cm³/mol. The smallest absolute Gasteiger partial charge is 0.246 e. The molecule has 0 amide bonds. The highest BCUT2D eigenvalue weighted by atomic mass is 16.2. The standard InChI is InChI=1S/C11H13N3O2/c1-12-10(15)13-8-4-5-9(14(13)11(12)16)7-3-2-6(7)8/h4-9H,2-3H2,1H3/t6-,7-,8+,9+/m0/s1. The second-order valence-corrected chi connectivity index (χ2v) is 5.08. The fourth-order valence-electron chi connectivity index (χ4n) is 3.55. The molecule has 0 aromatic carbocycles. The van der Waals surface area contributed by atoms with Gasteiger partial charge in [0, 0.05) is 7.05 Å². The predicted octanol–water partition coefficient (Wildman–Crippen LogP) is 0.0403. The van der Waals surface area contributed by atoms with Crippen molar-refractivity contribution >= 4 is 0 Å². The molecule has 0 N–H and O–H groups in total. The van der Waals surface area contributed by atoms with Crippen LogP contribution in [0.3, 0.4) is 0 Å². The van der Waals surface area contributed by atoms with E-state index in [2.05, 4.69) is 12.2 Å². The van der Waals surface area contributed by atoms with Gasteiger partial charge in [-0.3, -0.25) is 0 Å². The van der Waals surface area contributed by atoms with Crippen molar-refractivity contribution in [3.05, 3.63) is 33.1 Å². The molecule has 2 aliphatic heterocycles. The van der Waals surface area contributed by atoms with E-state index in [0.29, 0.717) is 11.8 Å². The molecular weight excluding hydrogens is 206 g/mol. The number of nitrogens with zero attached hydrogens (tertiary/aromatic N) is 3. The number of allylic oxidation sites excluding steroid dienone is 2. The largest absolute Gasteiger partial charge is 0.347 e. The van der Waals surface area contributed by atoms with E-state index in [1.807, 2.05) is 0 Å². The summed E-state index contributed by atoms with van der Waals surface area (Å²) in [6.07, 6.45) is 6.58. The molecule has 0 radical (unpaired) electrons. The Balaban J connectivity index is 2.10. The van der Waals surface area contributed by atoms with Gasteiger partial charge in [0.05, 0.1) is 12.1 Å². The maximum absolute atomic E-state index is 12.0. The van der Waals surface area contributed by atoms with Gasteiger partial charge in [-0.15, -0.1) is 0 Å². The molecule has 16 heavy (non-hydrogen) atoms. The first-order chi connectivity index (χ1) is 7.70. The third kappa shape index (κ3) is 0.700. The summed E-state index contributed by atoms with van der Waals surface area (Å²) in [4.78, 5) is 23.9. The van der Waals surface area contributed by atoms with Gasteiger partial charge in [0.1, 0.15) is 0 Å². The van der Waals surface area contributed by atoms with Crippen LogP contribution in [0.4, 0.5) is 0 Å². The molecule has 5 heteroatoms. The molecular formula is C11H13N3O2. The van der Waals surface area contributed by atoms with Crippen LogP contribution in [-0.4, -0.2) is 13.9 Å². The second-order valence-electron chi connectivity index (χ2n) is 5.08. The zero-order chi connectivity index (χ0) is 11.0. The summed E-state index contributed by atoms with van der Waals surface area (Å²) in [7, 11) is 1.56.